The van der Waals surface area contributed by atoms with Crippen molar-refractivity contribution in [2.24, 2.45) is 7.05 Å². The van der Waals surface area contributed by atoms with Crippen molar-refractivity contribution in [2.75, 3.05) is 0 Å². The quantitative estimate of drug-likeness (QED) is 0.286. The van der Waals surface area contributed by atoms with Crippen LogP contribution in [0, 0.1) is 13.8 Å². The predicted molar refractivity (Wildman–Crippen MR) is 144 cm³/mol. The van der Waals surface area contributed by atoms with Crippen LogP contribution in [0.5, 0.6) is 5.75 Å². The van der Waals surface area contributed by atoms with Crippen molar-refractivity contribution in [3.05, 3.63) is 109 Å². The van der Waals surface area contributed by atoms with Crippen LogP contribution in [-0.4, -0.2) is 28.9 Å². The fourth-order valence-corrected chi connectivity index (χ4v) is 4.43. The van der Waals surface area contributed by atoms with Crippen molar-refractivity contribution in [1.29, 1.82) is 0 Å². The molecular weight excluding hydrogens is 460 g/mol. The monoisotopic (exact) mass is 486 g/mol. The third-order valence-corrected chi connectivity index (χ3v) is 6.24. The second-order valence-corrected chi connectivity index (χ2v) is 9.18. The highest BCUT2D eigenvalue weighted by Gasteiger charge is 2.18. The molecule has 7 heteroatoms. The molecule has 1 aromatic carbocycles. The molecule has 0 N–H and O–H groups in total. The Balaban J connectivity index is 1.36. The molecule has 6 rings (SSSR count). The average Bonchev–Trinajstić information content (AvgIpc) is 3.50. The van der Waals surface area contributed by atoms with Crippen LogP contribution in [0.25, 0.3) is 39.5 Å². The van der Waals surface area contributed by atoms with Crippen molar-refractivity contribution in [2.45, 2.75) is 20.5 Å². The molecule has 0 unspecified atom stereocenters. The topological polar surface area (TPSA) is 70.1 Å². The Hall–Kier alpha value is -4.78. The molecule has 0 aliphatic carbocycles. The normalized spacial score (nSPS) is 11.2. The van der Waals surface area contributed by atoms with Gasteiger partial charge >= 0.3 is 0 Å². The fraction of sp³-hybridized carbons (Fsp3) is 0.133. The average molecular weight is 487 g/mol. The molecule has 37 heavy (non-hydrogen) atoms. The number of fused-ring (bicyclic) bond motifs is 1. The highest BCUT2D eigenvalue weighted by molar-refractivity contribution is 5.82. The molecule has 0 fully saturated rings. The Kier molecular flexibility index (Phi) is 5.73. The van der Waals surface area contributed by atoms with E-state index in [1.165, 1.54) is 0 Å². The number of benzene rings is 1. The SMILES string of the molecule is Cc1ccn2c(-c3ccnc(-c4ccc(OCc5cn(C)cn5)cc4)c3)c(-c3cccc(C)n3)nc2c1. The van der Waals surface area contributed by atoms with Gasteiger partial charge in [-0.3, -0.25) is 14.4 Å². The lowest BCUT2D eigenvalue weighted by molar-refractivity contribution is 0.302. The number of ether oxygens (including phenoxy) is 1. The Morgan fingerprint density at radius 1 is 0.838 bits per heavy atom. The van der Waals surface area contributed by atoms with Crippen LogP contribution < -0.4 is 4.74 Å². The minimum atomic E-state index is 0.428. The van der Waals surface area contributed by atoms with E-state index in [4.69, 9.17) is 14.7 Å². The molecule has 0 bridgehead atoms. The van der Waals surface area contributed by atoms with Gasteiger partial charge in [-0.2, -0.15) is 0 Å². The zero-order valence-corrected chi connectivity index (χ0v) is 21.0. The molecule has 0 saturated carbocycles. The van der Waals surface area contributed by atoms with E-state index in [0.717, 1.165) is 62.3 Å². The molecule has 0 amide bonds. The van der Waals surface area contributed by atoms with E-state index in [2.05, 4.69) is 45.7 Å². The lowest BCUT2D eigenvalue weighted by Crippen LogP contribution is -1.96. The number of aryl methyl sites for hydroxylation is 3. The molecule has 0 aliphatic rings. The van der Waals surface area contributed by atoms with Gasteiger partial charge in [0.05, 0.1) is 29.1 Å². The van der Waals surface area contributed by atoms with E-state index in [1.54, 1.807) is 6.33 Å². The van der Waals surface area contributed by atoms with E-state index in [-0.39, 0.29) is 0 Å². The molecule has 0 atom stereocenters. The minimum Gasteiger partial charge on any atom is -0.487 e. The number of nitrogens with zero attached hydrogens (tertiary/aromatic N) is 6. The number of hydrogen-bond donors (Lipinski definition) is 0. The van der Waals surface area contributed by atoms with Crippen LogP contribution in [-0.2, 0) is 13.7 Å². The van der Waals surface area contributed by atoms with Crippen molar-refractivity contribution in [3.63, 3.8) is 0 Å². The summed E-state index contributed by atoms with van der Waals surface area (Å²) in [6, 6.07) is 22.3. The standard InChI is InChI=1S/C30H26N6O/c1-20-12-14-36-28(15-20)34-29(26-6-4-5-21(2)33-26)30(36)23-11-13-31-27(16-23)22-7-9-25(10-8-22)37-18-24-17-35(3)19-32-24/h4-17,19H,18H2,1-3H3. The summed E-state index contributed by atoms with van der Waals surface area (Å²) >= 11 is 0. The maximum absolute atomic E-state index is 5.90. The Morgan fingerprint density at radius 2 is 1.70 bits per heavy atom. The lowest BCUT2D eigenvalue weighted by Gasteiger charge is -2.09. The van der Waals surface area contributed by atoms with E-state index < -0.39 is 0 Å². The van der Waals surface area contributed by atoms with E-state index >= 15 is 0 Å². The lowest BCUT2D eigenvalue weighted by atomic mass is 10.0. The van der Waals surface area contributed by atoms with Gasteiger partial charge in [0.15, 0.2) is 0 Å². The molecule has 7 nitrogen and oxygen atoms in total. The van der Waals surface area contributed by atoms with Crippen molar-refractivity contribution in [1.82, 2.24) is 28.9 Å². The Labute approximate surface area is 215 Å². The first-order valence-corrected chi connectivity index (χ1v) is 12.1. The van der Waals surface area contributed by atoms with Gasteiger partial charge in [-0.05, 0) is 80.1 Å². The molecule has 0 saturated heterocycles. The molecule has 0 aliphatic heterocycles. The smallest absolute Gasteiger partial charge is 0.138 e. The van der Waals surface area contributed by atoms with Crippen LogP contribution in [0.1, 0.15) is 17.0 Å². The van der Waals surface area contributed by atoms with Gasteiger partial charge < -0.3 is 9.30 Å². The molecule has 182 valence electrons. The third-order valence-electron chi connectivity index (χ3n) is 6.24. The van der Waals surface area contributed by atoms with Crippen LogP contribution in [0.2, 0.25) is 0 Å². The summed E-state index contributed by atoms with van der Waals surface area (Å²) in [7, 11) is 1.95. The third kappa shape index (κ3) is 4.59. The number of imidazole rings is 2. The molecule has 5 aromatic heterocycles. The number of rotatable bonds is 6. The van der Waals surface area contributed by atoms with Crippen LogP contribution in [0.15, 0.2) is 91.6 Å². The van der Waals surface area contributed by atoms with Crippen molar-refractivity contribution >= 4 is 5.65 Å². The largest absolute Gasteiger partial charge is 0.487 e. The van der Waals surface area contributed by atoms with Gasteiger partial charge in [0, 0.05) is 42.5 Å². The first-order chi connectivity index (χ1) is 18.0. The van der Waals surface area contributed by atoms with Gasteiger partial charge in [-0.15, -0.1) is 0 Å². The fourth-order valence-electron chi connectivity index (χ4n) is 4.43. The van der Waals surface area contributed by atoms with Gasteiger partial charge in [-0.1, -0.05) is 6.07 Å². The van der Waals surface area contributed by atoms with Crippen LogP contribution in [0.3, 0.4) is 0 Å². The maximum atomic E-state index is 5.90. The second-order valence-electron chi connectivity index (χ2n) is 9.18. The summed E-state index contributed by atoms with van der Waals surface area (Å²) < 4.78 is 9.93. The maximum Gasteiger partial charge on any atom is 0.138 e. The summed E-state index contributed by atoms with van der Waals surface area (Å²) in [5.41, 5.74) is 9.50. The molecule has 5 heterocycles. The minimum absolute atomic E-state index is 0.428. The summed E-state index contributed by atoms with van der Waals surface area (Å²) in [6.45, 7) is 4.50. The summed E-state index contributed by atoms with van der Waals surface area (Å²) in [4.78, 5) is 18.7. The first kappa shape index (κ1) is 22.7. The second kappa shape index (κ2) is 9.35. The van der Waals surface area contributed by atoms with Gasteiger partial charge in [0.25, 0.3) is 0 Å². The number of hydrogen-bond acceptors (Lipinski definition) is 5. The number of pyridine rings is 3. The van der Waals surface area contributed by atoms with Crippen LogP contribution >= 0.6 is 0 Å². The molecule has 6 aromatic rings. The van der Waals surface area contributed by atoms with E-state index in [1.807, 2.05) is 79.5 Å². The van der Waals surface area contributed by atoms with Crippen molar-refractivity contribution < 1.29 is 4.74 Å². The van der Waals surface area contributed by atoms with Crippen molar-refractivity contribution in [3.8, 4) is 39.7 Å². The number of aromatic nitrogens is 6. The molecule has 0 radical (unpaired) electrons. The Bertz CT molecular complexity index is 1710. The van der Waals surface area contributed by atoms with Gasteiger partial charge in [-0.25, -0.2) is 9.97 Å². The van der Waals surface area contributed by atoms with Crippen LogP contribution in [0.4, 0.5) is 0 Å². The zero-order valence-electron chi connectivity index (χ0n) is 21.0. The Morgan fingerprint density at radius 3 is 2.49 bits per heavy atom. The summed E-state index contributed by atoms with van der Waals surface area (Å²) in [6.07, 6.45) is 7.63. The molecular formula is C30H26N6O. The van der Waals surface area contributed by atoms with Gasteiger partial charge in [0.1, 0.15) is 23.7 Å². The summed E-state index contributed by atoms with van der Waals surface area (Å²) in [5, 5.41) is 0. The zero-order chi connectivity index (χ0) is 25.4. The van der Waals surface area contributed by atoms with E-state index in [9.17, 15) is 0 Å². The predicted octanol–water partition coefficient (Wildman–Crippen LogP) is 6.05. The van der Waals surface area contributed by atoms with Gasteiger partial charge in [0.2, 0.25) is 0 Å². The van der Waals surface area contributed by atoms with E-state index in [0.29, 0.717) is 6.61 Å². The highest BCUT2D eigenvalue weighted by Crippen LogP contribution is 2.34. The first-order valence-electron chi connectivity index (χ1n) is 12.1. The highest BCUT2D eigenvalue weighted by atomic mass is 16.5. The molecule has 0 spiro atoms. The summed E-state index contributed by atoms with van der Waals surface area (Å²) in [5.74, 6) is 0.788.